The van der Waals surface area contributed by atoms with Crippen molar-refractivity contribution in [1.82, 2.24) is 15.5 Å². The minimum atomic E-state index is -0.0582. The predicted molar refractivity (Wildman–Crippen MR) is 68.9 cm³/mol. The maximum atomic E-state index is 12.7. The number of piperidine rings is 1. The third-order valence-corrected chi connectivity index (χ3v) is 4.15. The Kier molecular flexibility index (Phi) is 4.40. The van der Waals surface area contributed by atoms with E-state index in [1.807, 2.05) is 0 Å². The fourth-order valence-corrected chi connectivity index (χ4v) is 3.16. The predicted octanol–water partition coefficient (Wildman–Crippen LogP) is 0.588. The van der Waals surface area contributed by atoms with Gasteiger partial charge >= 0.3 is 0 Å². The molecule has 0 spiro atoms. The molecule has 0 saturated carbocycles. The van der Waals surface area contributed by atoms with Crippen molar-refractivity contribution in [2.24, 2.45) is 5.41 Å². The van der Waals surface area contributed by atoms with Crippen molar-refractivity contribution >= 4 is 5.91 Å². The van der Waals surface area contributed by atoms with Gasteiger partial charge in [0.25, 0.3) is 0 Å². The standard InChI is InChI=1S/C13H25N3O/c1-2-3-13(4-6-14-7-5-13)12(17)16-10-8-15-9-11-16/h14-15H,2-11H2,1H3. The van der Waals surface area contributed by atoms with Crippen molar-refractivity contribution in [3.63, 3.8) is 0 Å². The summed E-state index contributed by atoms with van der Waals surface area (Å²) in [5.74, 6) is 0.419. The zero-order valence-corrected chi connectivity index (χ0v) is 10.9. The van der Waals surface area contributed by atoms with Crippen molar-refractivity contribution in [2.45, 2.75) is 32.6 Å². The van der Waals surface area contributed by atoms with E-state index in [9.17, 15) is 4.79 Å². The molecule has 0 aliphatic carbocycles. The van der Waals surface area contributed by atoms with Gasteiger partial charge in [-0.05, 0) is 32.4 Å². The SMILES string of the molecule is CCCC1(C(=O)N2CCNCC2)CCNCC1. The van der Waals surface area contributed by atoms with Crippen LogP contribution in [0.5, 0.6) is 0 Å². The Morgan fingerprint density at radius 1 is 1.12 bits per heavy atom. The van der Waals surface area contributed by atoms with E-state index in [1.165, 1.54) is 0 Å². The van der Waals surface area contributed by atoms with Crippen LogP contribution in [0.2, 0.25) is 0 Å². The highest BCUT2D eigenvalue weighted by Crippen LogP contribution is 2.36. The lowest BCUT2D eigenvalue weighted by molar-refractivity contribution is -0.145. The number of amides is 1. The van der Waals surface area contributed by atoms with Gasteiger partial charge < -0.3 is 15.5 Å². The lowest BCUT2D eigenvalue weighted by atomic mass is 9.74. The second kappa shape index (κ2) is 5.83. The van der Waals surface area contributed by atoms with Gasteiger partial charge in [-0.2, -0.15) is 0 Å². The first-order chi connectivity index (χ1) is 8.28. The molecule has 0 atom stereocenters. The lowest BCUT2D eigenvalue weighted by Gasteiger charge is -2.41. The minimum Gasteiger partial charge on any atom is -0.340 e. The van der Waals surface area contributed by atoms with E-state index >= 15 is 0 Å². The molecule has 0 aromatic carbocycles. The zero-order valence-electron chi connectivity index (χ0n) is 10.9. The fourth-order valence-electron chi connectivity index (χ4n) is 3.16. The van der Waals surface area contributed by atoms with Crippen molar-refractivity contribution in [2.75, 3.05) is 39.3 Å². The van der Waals surface area contributed by atoms with Crippen LogP contribution in [0.25, 0.3) is 0 Å². The highest BCUT2D eigenvalue weighted by atomic mass is 16.2. The molecular formula is C13H25N3O. The Hall–Kier alpha value is -0.610. The van der Waals surface area contributed by atoms with Gasteiger partial charge in [-0.15, -0.1) is 0 Å². The van der Waals surface area contributed by atoms with Crippen molar-refractivity contribution in [3.05, 3.63) is 0 Å². The maximum absolute atomic E-state index is 12.7. The van der Waals surface area contributed by atoms with Gasteiger partial charge in [0.15, 0.2) is 0 Å². The second-order valence-electron chi connectivity index (χ2n) is 5.32. The maximum Gasteiger partial charge on any atom is 0.228 e. The molecule has 2 aliphatic rings. The summed E-state index contributed by atoms with van der Waals surface area (Å²) in [6.45, 7) is 7.86. The molecule has 2 aliphatic heterocycles. The van der Waals surface area contributed by atoms with E-state index in [0.717, 1.165) is 65.0 Å². The summed E-state index contributed by atoms with van der Waals surface area (Å²) >= 11 is 0. The van der Waals surface area contributed by atoms with Crippen LogP contribution < -0.4 is 10.6 Å². The molecule has 1 amide bonds. The fraction of sp³-hybridized carbons (Fsp3) is 0.923. The molecular weight excluding hydrogens is 214 g/mol. The monoisotopic (exact) mass is 239 g/mol. The molecule has 2 fully saturated rings. The van der Waals surface area contributed by atoms with Crippen LogP contribution in [0.1, 0.15) is 32.6 Å². The van der Waals surface area contributed by atoms with E-state index in [-0.39, 0.29) is 5.41 Å². The summed E-state index contributed by atoms with van der Waals surface area (Å²) < 4.78 is 0. The molecule has 0 bridgehead atoms. The van der Waals surface area contributed by atoms with E-state index in [0.29, 0.717) is 5.91 Å². The van der Waals surface area contributed by atoms with Crippen LogP contribution in [0, 0.1) is 5.41 Å². The van der Waals surface area contributed by atoms with Crippen molar-refractivity contribution in [1.29, 1.82) is 0 Å². The molecule has 98 valence electrons. The first-order valence-electron chi connectivity index (χ1n) is 6.99. The summed E-state index contributed by atoms with van der Waals surface area (Å²) in [6, 6.07) is 0. The molecule has 2 rings (SSSR count). The normalized spacial score (nSPS) is 24.6. The highest BCUT2D eigenvalue weighted by molar-refractivity contribution is 5.83. The van der Waals surface area contributed by atoms with Gasteiger partial charge in [0.05, 0.1) is 5.41 Å². The number of nitrogens with zero attached hydrogens (tertiary/aromatic N) is 1. The largest absolute Gasteiger partial charge is 0.340 e. The first-order valence-corrected chi connectivity index (χ1v) is 6.99. The average molecular weight is 239 g/mol. The average Bonchev–Trinajstić information content (AvgIpc) is 2.40. The summed E-state index contributed by atoms with van der Waals surface area (Å²) in [4.78, 5) is 14.8. The molecule has 0 aromatic heterocycles. The van der Waals surface area contributed by atoms with Gasteiger partial charge in [0.2, 0.25) is 5.91 Å². The number of carbonyl (C=O) groups is 1. The summed E-state index contributed by atoms with van der Waals surface area (Å²) in [6.07, 6.45) is 4.20. The highest BCUT2D eigenvalue weighted by Gasteiger charge is 2.41. The van der Waals surface area contributed by atoms with Crippen LogP contribution >= 0.6 is 0 Å². The molecule has 0 unspecified atom stereocenters. The quantitative estimate of drug-likeness (QED) is 0.757. The van der Waals surface area contributed by atoms with Crippen LogP contribution in [0.4, 0.5) is 0 Å². The number of nitrogens with one attached hydrogen (secondary N) is 2. The minimum absolute atomic E-state index is 0.0582. The summed E-state index contributed by atoms with van der Waals surface area (Å²) in [7, 11) is 0. The lowest BCUT2D eigenvalue weighted by Crippen LogP contribution is -2.54. The Morgan fingerprint density at radius 2 is 1.71 bits per heavy atom. The number of piperazine rings is 1. The van der Waals surface area contributed by atoms with Gasteiger partial charge in [-0.3, -0.25) is 4.79 Å². The van der Waals surface area contributed by atoms with Gasteiger partial charge in [0, 0.05) is 26.2 Å². The zero-order chi connectivity index (χ0) is 12.1. The third-order valence-electron chi connectivity index (χ3n) is 4.15. The molecule has 2 N–H and O–H groups in total. The molecule has 2 saturated heterocycles. The third kappa shape index (κ3) is 2.80. The first kappa shape index (κ1) is 12.8. The Bertz CT molecular complexity index is 250. The van der Waals surface area contributed by atoms with Crippen LogP contribution in [-0.2, 0) is 4.79 Å². The number of hydrogen-bond donors (Lipinski definition) is 2. The number of carbonyl (C=O) groups excluding carboxylic acids is 1. The Morgan fingerprint density at radius 3 is 2.29 bits per heavy atom. The smallest absolute Gasteiger partial charge is 0.228 e. The Balaban J connectivity index is 2.05. The number of rotatable bonds is 3. The summed E-state index contributed by atoms with van der Waals surface area (Å²) in [5.41, 5.74) is -0.0582. The van der Waals surface area contributed by atoms with Crippen LogP contribution in [0.3, 0.4) is 0 Å². The second-order valence-corrected chi connectivity index (χ2v) is 5.32. The van der Waals surface area contributed by atoms with Crippen LogP contribution in [0.15, 0.2) is 0 Å². The molecule has 4 nitrogen and oxygen atoms in total. The molecule has 17 heavy (non-hydrogen) atoms. The molecule has 0 radical (unpaired) electrons. The van der Waals surface area contributed by atoms with E-state index < -0.39 is 0 Å². The van der Waals surface area contributed by atoms with Gasteiger partial charge in [-0.25, -0.2) is 0 Å². The van der Waals surface area contributed by atoms with Crippen molar-refractivity contribution < 1.29 is 4.79 Å². The molecule has 0 aromatic rings. The summed E-state index contributed by atoms with van der Waals surface area (Å²) in [5, 5.41) is 6.68. The molecule has 4 heteroatoms. The van der Waals surface area contributed by atoms with E-state index in [1.54, 1.807) is 0 Å². The van der Waals surface area contributed by atoms with Crippen LogP contribution in [-0.4, -0.2) is 50.1 Å². The molecule has 2 heterocycles. The Labute approximate surface area is 104 Å². The van der Waals surface area contributed by atoms with E-state index in [4.69, 9.17) is 0 Å². The number of hydrogen-bond acceptors (Lipinski definition) is 3. The van der Waals surface area contributed by atoms with Crippen molar-refractivity contribution in [3.8, 4) is 0 Å². The van der Waals surface area contributed by atoms with Gasteiger partial charge in [-0.1, -0.05) is 13.3 Å². The van der Waals surface area contributed by atoms with E-state index in [2.05, 4.69) is 22.5 Å². The topological polar surface area (TPSA) is 44.4 Å². The van der Waals surface area contributed by atoms with Gasteiger partial charge in [0.1, 0.15) is 0 Å².